The largest absolute Gasteiger partial charge is 0.326 e. The fourth-order valence-electron chi connectivity index (χ4n) is 3.02. The van der Waals surface area contributed by atoms with Crippen molar-refractivity contribution in [2.75, 3.05) is 10.6 Å². The molecular formula is C23H24N4O3. The van der Waals surface area contributed by atoms with E-state index in [9.17, 15) is 14.4 Å². The molecule has 0 aliphatic heterocycles. The molecule has 1 heterocycles. The monoisotopic (exact) mass is 404 g/mol. The number of carbonyl (C=O) groups is 2. The number of carbonyl (C=O) groups excluding carboxylic acids is 2. The van der Waals surface area contributed by atoms with Gasteiger partial charge in [-0.05, 0) is 50.1 Å². The molecule has 7 heteroatoms. The summed E-state index contributed by atoms with van der Waals surface area (Å²) < 4.78 is 1.17. The first-order valence-corrected chi connectivity index (χ1v) is 9.61. The summed E-state index contributed by atoms with van der Waals surface area (Å²) in [4.78, 5) is 36.6. The zero-order chi connectivity index (χ0) is 21.8. The van der Waals surface area contributed by atoms with E-state index in [1.807, 2.05) is 50.2 Å². The standard InChI is InChI=1S/C23H24N4O3/c1-14-7-5-6-8-19(14)25-23(30)16(3)27-22(29)12-11-20(26-27)18-10-9-15(2)21(13-18)24-17(4)28/h5-13,16H,1-4H3,(H,24,28)(H,25,30)/t16-/m1/s1. The van der Waals surface area contributed by atoms with Gasteiger partial charge in [0, 0.05) is 29.9 Å². The highest BCUT2D eigenvalue weighted by Gasteiger charge is 2.19. The Kier molecular flexibility index (Phi) is 6.11. The maximum absolute atomic E-state index is 12.7. The first-order chi connectivity index (χ1) is 14.3. The third-order valence-corrected chi connectivity index (χ3v) is 4.82. The number of aryl methyl sites for hydroxylation is 2. The first-order valence-electron chi connectivity index (χ1n) is 9.61. The van der Waals surface area contributed by atoms with Gasteiger partial charge in [-0.1, -0.05) is 30.3 Å². The first kappa shape index (κ1) is 21.0. The van der Waals surface area contributed by atoms with Crippen molar-refractivity contribution < 1.29 is 9.59 Å². The predicted molar refractivity (Wildman–Crippen MR) is 117 cm³/mol. The second kappa shape index (κ2) is 8.73. The van der Waals surface area contributed by atoms with Crippen LogP contribution in [-0.4, -0.2) is 21.6 Å². The molecule has 0 saturated carbocycles. The summed E-state index contributed by atoms with van der Waals surface area (Å²) in [7, 11) is 0. The van der Waals surface area contributed by atoms with Gasteiger partial charge in [-0.25, -0.2) is 4.68 Å². The molecule has 0 fully saturated rings. The van der Waals surface area contributed by atoms with Crippen molar-refractivity contribution in [3.8, 4) is 11.3 Å². The van der Waals surface area contributed by atoms with E-state index in [0.29, 0.717) is 17.1 Å². The number of rotatable bonds is 5. The fourth-order valence-corrected chi connectivity index (χ4v) is 3.02. The molecule has 2 amide bonds. The molecule has 154 valence electrons. The van der Waals surface area contributed by atoms with Crippen molar-refractivity contribution in [1.82, 2.24) is 9.78 Å². The lowest BCUT2D eigenvalue weighted by molar-refractivity contribution is -0.119. The van der Waals surface area contributed by atoms with Crippen molar-refractivity contribution in [1.29, 1.82) is 0 Å². The summed E-state index contributed by atoms with van der Waals surface area (Å²) in [5.41, 5.74) is 4.08. The fraction of sp³-hybridized carbons (Fsp3) is 0.217. The highest BCUT2D eigenvalue weighted by atomic mass is 16.2. The highest BCUT2D eigenvalue weighted by molar-refractivity contribution is 5.94. The van der Waals surface area contributed by atoms with Crippen LogP contribution in [0.5, 0.6) is 0 Å². The Bertz CT molecular complexity index is 1170. The van der Waals surface area contributed by atoms with E-state index in [-0.39, 0.29) is 17.4 Å². The van der Waals surface area contributed by atoms with Crippen molar-refractivity contribution >= 4 is 23.2 Å². The van der Waals surface area contributed by atoms with Crippen LogP contribution in [0, 0.1) is 13.8 Å². The average molecular weight is 404 g/mol. The SMILES string of the molecule is CC(=O)Nc1cc(-c2ccc(=O)n([C@H](C)C(=O)Nc3ccccc3C)n2)ccc1C. The van der Waals surface area contributed by atoms with Gasteiger partial charge in [-0.2, -0.15) is 5.10 Å². The molecule has 3 rings (SSSR count). The van der Waals surface area contributed by atoms with E-state index in [1.54, 1.807) is 19.1 Å². The van der Waals surface area contributed by atoms with Crippen LogP contribution in [0.2, 0.25) is 0 Å². The summed E-state index contributed by atoms with van der Waals surface area (Å²) in [5.74, 6) is -0.506. The number of amides is 2. The van der Waals surface area contributed by atoms with Gasteiger partial charge in [0.2, 0.25) is 11.8 Å². The van der Waals surface area contributed by atoms with Gasteiger partial charge >= 0.3 is 0 Å². The van der Waals surface area contributed by atoms with Crippen molar-refractivity contribution in [2.45, 2.75) is 33.7 Å². The van der Waals surface area contributed by atoms with Crippen LogP contribution in [0.3, 0.4) is 0 Å². The van der Waals surface area contributed by atoms with E-state index in [0.717, 1.165) is 16.7 Å². The van der Waals surface area contributed by atoms with Gasteiger partial charge in [-0.3, -0.25) is 14.4 Å². The van der Waals surface area contributed by atoms with Crippen molar-refractivity contribution in [3.63, 3.8) is 0 Å². The van der Waals surface area contributed by atoms with Gasteiger partial charge in [0.15, 0.2) is 0 Å². The number of para-hydroxylation sites is 1. The molecule has 30 heavy (non-hydrogen) atoms. The van der Waals surface area contributed by atoms with E-state index < -0.39 is 6.04 Å². The van der Waals surface area contributed by atoms with Gasteiger partial charge in [0.1, 0.15) is 6.04 Å². The Morgan fingerprint density at radius 1 is 0.933 bits per heavy atom. The van der Waals surface area contributed by atoms with Crippen LogP contribution in [0.1, 0.15) is 31.0 Å². The summed E-state index contributed by atoms with van der Waals surface area (Å²) in [5, 5.41) is 10.0. The van der Waals surface area contributed by atoms with Gasteiger partial charge in [0.25, 0.3) is 5.56 Å². The second-order valence-electron chi connectivity index (χ2n) is 7.19. The van der Waals surface area contributed by atoms with Gasteiger partial charge < -0.3 is 10.6 Å². The minimum atomic E-state index is -0.808. The Morgan fingerprint density at radius 2 is 1.63 bits per heavy atom. The lowest BCUT2D eigenvalue weighted by atomic mass is 10.1. The summed E-state index contributed by atoms with van der Waals surface area (Å²) in [6.45, 7) is 6.86. The summed E-state index contributed by atoms with van der Waals surface area (Å²) >= 11 is 0. The molecule has 2 N–H and O–H groups in total. The molecule has 3 aromatic rings. The number of nitrogens with one attached hydrogen (secondary N) is 2. The summed E-state index contributed by atoms with van der Waals surface area (Å²) in [6, 6.07) is 15.1. The van der Waals surface area contributed by atoms with E-state index in [1.165, 1.54) is 17.7 Å². The molecular weight excluding hydrogens is 380 g/mol. The lowest BCUT2D eigenvalue weighted by Crippen LogP contribution is -2.33. The number of anilines is 2. The smallest absolute Gasteiger partial charge is 0.267 e. The Morgan fingerprint density at radius 3 is 2.33 bits per heavy atom. The van der Waals surface area contributed by atoms with Crippen LogP contribution in [-0.2, 0) is 9.59 Å². The molecule has 0 saturated heterocycles. The Labute approximate surface area is 174 Å². The van der Waals surface area contributed by atoms with E-state index >= 15 is 0 Å². The number of hydrogen-bond acceptors (Lipinski definition) is 4. The van der Waals surface area contributed by atoms with Crippen molar-refractivity contribution in [2.24, 2.45) is 0 Å². The van der Waals surface area contributed by atoms with Crippen LogP contribution < -0.4 is 16.2 Å². The normalized spacial score (nSPS) is 11.6. The topological polar surface area (TPSA) is 93.1 Å². The summed E-state index contributed by atoms with van der Waals surface area (Å²) in [6.07, 6.45) is 0. The molecule has 0 aliphatic rings. The third-order valence-electron chi connectivity index (χ3n) is 4.82. The molecule has 0 bridgehead atoms. The van der Waals surface area contributed by atoms with Gasteiger partial charge in [-0.15, -0.1) is 0 Å². The number of nitrogens with zero attached hydrogens (tertiary/aromatic N) is 2. The molecule has 1 atom stereocenters. The molecule has 0 unspecified atom stereocenters. The van der Waals surface area contributed by atoms with Crippen LogP contribution in [0.25, 0.3) is 11.3 Å². The quantitative estimate of drug-likeness (QED) is 0.678. The molecule has 0 aliphatic carbocycles. The number of aromatic nitrogens is 2. The zero-order valence-corrected chi connectivity index (χ0v) is 17.4. The Balaban J connectivity index is 1.92. The van der Waals surface area contributed by atoms with E-state index in [4.69, 9.17) is 0 Å². The van der Waals surface area contributed by atoms with Crippen LogP contribution in [0.15, 0.2) is 59.4 Å². The lowest BCUT2D eigenvalue weighted by Gasteiger charge is -2.16. The molecule has 1 aromatic heterocycles. The van der Waals surface area contributed by atoms with Crippen molar-refractivity contribution in [3.05, 3.63) is 76.1 Å². The van der Waals surface area contributed by atoms with E-state index in [2.05, 4.69) is 15.7 Å². The van der Waals surface area contributed by atoms with Crippen LogP contribution in [0.4, 0.5) is 11.4 Å². The molecule has 0 spiro atoms. The number of benzene rings is 2. The Hall–Kier alpha value is -3.74. The minimum absolute atomic E-state index is 0.172. The predicted octanol–water partition coefficient (Wildman–Crippen LogP) is 3.69. The number of hydrogen-bond donors (Lipinski definition) is 2. The minimum Gasteiger partial charge on any atom is -0.326 e. The molecule has 7 nitrogen and oxygen atoms in total. The maximum atomic E-state index is 12.7. The zero-order valence-electron chi connectivity index (χ0n) is 17.4. The van der Waals surface area contributed by atoms with Gasteiger partial charge in [0.05, 0.1) is 5.69 Å². The third kappa shape index (κ3) is 4.63. The molecule has 0 radical (unpaired) electrons. The second-order valence-corrected chi connectivity index (χ2v) is 7.19. The maximum Gasteiger partial charge on any atom is 0.267 e. The van der Waals surface area contributed by atoms with Crippen LogP contribution >= 0.6 is 0 Å². The average Bonchev–Trinajstić information content (AvgIpc) is 2.71. The highest BCUT2D eigenvalue weighted by Crippen LogP contribution is 2.24. The molecule has 2 aromatic carbocycles.